The van der Waals surface area contributed by atoms with Crippen molar-refractivity contribution in [3.05, 3.63) is 57.6 Å². The maximum atomic E-state index is 13.3. The zero-order valence-electron chi connectivity index (χ0n) is 19.8. The van der Waals surface area contributed by atoms with Gasteiger partial charge in [0.25, 0.3) is 0 Å². The first-order chi connectivity index (χ1) is 15.7. The van der Waals surface area contributed by atoms with Crippen LogP contribution in [-0.4, -0.2) is 43.5 Å². The number of hydrogen-bond donors (Lipinski definition) is 1. The number of rotatable bonds is 11. The second-order valence-corrected chi connectivity index (χ2v) is 9.11. The molecule has 0 saturated carbocycles. The predicted octanol–water partition coefficient (Wildman–Crippen LogP) is 5.13. The number of benzene rings is 2. The molecule has 1 atom stereocenters. The van der Waals surface area contributed by atoms with Gasteiger partial charge >= 0.3 is 0 Å². The molecule has 0 aromatic heterocycles. The van der Waals surface area contributed by atoms with E-state index in [1.807, 2.05) is 32.0 Å². The van der Waals surface area contributed by atoms with Crippen LogP contribution in [0.3, 0.4) is 0 Å². The van der Waals surface area contributed by atoms with Crippen molar-refractivity contribution in [3.63, 3.8) is 0 Å². The molecular formula is C25H32Cl2N2O4. The van der Waals surface area contributed by atoms with Crippen LogP contribution in [0.5, 0.6) is 11.5 Å². The van der Waals surface area contributed by atoms with E-state index < -0.39 is 6.04 Å². The molecule has 0 aliphatic heterocycles. The van der Waals surface area contributed by atoms with Crippen LogP contribution >= 0.6 is 23.2 Å². The maximum Gasteiger partial charge on any atom is 0.242 e. The molecule has 0 saturated heterocycles. The first-order valence-corrected chi connectivity index (χ1v) is 11.6. The molecule has 0 aliphatic rings. The van der Waals surface area contributed by atoms with E-state index in [1.54, 1.807) is 44.2 Å². The average Bonchev–Trinajstić information content (AvgIpc) is 2.79. The highest BCUT2D eigenvalue weighted by atomic mass is 35.5. The van der Waals surface area contributed by atoms with Gasteiger partial charge in [0.1, 0.15) is 6.04 Å². The van der Waals surface area contributed by atoms with E-state index in [0.717, 1.165) is 11.1 Å². The second-order valence-electron chi connectivity index (χ2n) is 8.26. The van der Waals surface area contributed by atoms with E-state index >= 15 is 0 Å². The molecule has 0 bridgehead atoms. The van der Waals surface area contributed by atoms with Gasteiger partial charge in [-0.15, -0.1) is 0 Å². The molecular weight excluding hydrogens is 463 g/mol. The summed E-state index contributed by atoms with van der Waals surface area (Å²) in [5, 5.41) is 3.88. The van der Waals surface area contributed by atoms with Crippen LogP contribution in [0.4, 0.5) is 0 Å². The number of ether oxygens (including phenoxy) is 2. The molecule has 0 heterocycles. The van der Waals surface area contributed by atoms with Crippen molar-refractivity contribution < 1.29 is 19.1 Å². The van der Waals surface area contributed by atoms with Crippen LogP contribution in [0.25, 0.3) is 0 Å². The maximum absolute atomic E-state index is 13.3. The fraction of sp³-hybridized carbons (Fsp3) is 0.440. The minimum Gasteiger partial charge on any atom is -0.493 e. The third kappa shape index (κ3) is 7.83. The Morgan fingerprint density at radius 3 is 2.30 bits per heavy atom. The molecule has 0 aliphatic carbocycles. The number of carbonyl (C=O) groups is 2. The molecule has 1 N–H and O–H groups in total. The standard InChI is InChI=1S/C25H32Cl2N2O4/c1-16(2)14-28-25(31)17(3)29(15-19-8-9-20(26)13-21(19)27)24(30)11-7-18-6-10-22(32-4)23(12-18)33-5/h6,8-10,12-13,16-17H,7,11,14-15H2,1-5H3,(H,28,31)/t17-/m0/s1. The third-order valence-corrected chi connectivity index (χ3v) is 5.87. The summed E-state index contributed by atoms with van der Waals surface area (Å²) >= 11 is 12.4. The van der Waals surface area contributed by atoms with Gasteiger partial charge < -0.3 is 19.7 Å². The lowest BCUT2D eigenvalue weighted by molar-refractivity contribution is -0.140. The zero-order valence-corrected chi connectivity index (χ0v) is 21.3. The van der Waals surface area contributed by atoms with Gasteiger partial charge in [-0.1, -0.05) is 49.2 Å². The highest BCUT2D eigenvalue weighted by molar-refractivity contribution is 6.35. The predicted molar refractivity (Wildman–Crippen MR) is 132 cm³/mol. The summed E-state index contributed by atoms with van der Waals surface area (Å²) < 4.78 is 10.6. The quantitative estimate of drug-likeness (QED) is 0.469. The minimum absolute atomic E-state index is 0.150. The molecule has 2 aromatic carbocycles. The Hall–Kier alpha value is -2.44. The van der Waals surface area contributed by atoms with E-state index in [9.17, 15) is 9.59 Å². The number of amides is 2. The fourth-order valence-electron chi connectivity index (χ4n) is 3.30. The smallest absolute Gasteiger partial charge is 0.242 e. The largest absolute Gasteiger partial charge is 0.493 e. The topological polar surface area (TPSA) is 67.9 Å². The summed E-state index contributed by atoms with van der Waals surface area (Å²) in [4.78, 5) is 27.6. The molecule has 8 heteroatoms. The van der Waals surface area contributed by atoms with Gasteiger partial charge in [0.15, 0.2) is 11.5 Å². The molecule has 0 spiro atoms. The van der Waals surface area contributed by atoms with Gasteiger partial charge in [0.05, 0.1) is 14.2 Å². The van der Waals surface area contributed by atoms with Gasteiger partial charge in [-0.25, -0.2) is 0 Å². The average molecular weight is 495 g/mol. The van der Waals surface area contributed by atoms with Gasteiger partial charge in [-0.3, -0.25) is 9.59 Å². The molecule has 2 amide bonds. The number of nitrogens with zero attached hydrogens (tertiary/aromatic N) is 1. The van der Waals surface area contributed by atoms with E-state index in [2.05, 4.69) is 5.32 Å². The molecule has 6 nitrogen and oxygen atoms in total. The first-order valence-electron chi connectivity index (χ1n) is 10.9. The monoisotopic (exact) mass is 494 g/mol. The van der Waals surface area contributed by atoms with Gasteiger partial charge in [-0.2, -0.15) is 0 Å². The van der Waals surface area contributed by atoms with Crippen LogP contribution < -0.4 is 14.8 Å². The Kier molecular flexibility index (Phi) is 10.3. The minimum atomic E-state index is -0.659. The van der Waals surface area contributed by atoms with Crippen molar-refractivity contribution in [1.82, 2.24) is 10.2 Å². The Labute approximate surface area is 206 Å². The lowest BCUT2D eigenvalue weighted by atomic mass is 10.1. The van der Waals surface area contributed by atoms with E-state index in [-0.39, 0.29) is 24.8 Å². The summed E-state index contributed by atoms with van der Waals surface area (Å²) in [6.07, 6.45) is 0.715. The van der Waals surface area contributed by atoms with Crippen molar-refractivity contribution in [1.29, 1.82) is 0 Å². The fourth-order valence-corrected chi connectivity index (χ4v) is 3.77. The van der Waals surface area contributed by atoms with E-state index in [4.69, 9.17) is 32.7 Å². The normalized spacial score (nSPS) is 11.8. The number of hydrogen-bond acceptors (Lipinski definition) is 4. The SMILES string of the molecule is COc1ccc(CCC(=O)N(Cc2ccc(Cl)cc2Cl)[C@@H](C)C(=O)NCC(C)C)cc1OC. The van der Waals surface area contributed by atoms with Crippen LogP contribution in [0, 0.1) is 5.92 Å². The van der Waals surface area contributed by atoms with Gasteiger partial charge in [0.2, 0.25) is 11.8 Å². The summed E-state index contributed by atoms with van der Waals surface area (Å²) in [5.74, 6) is 1.19. The van der Waals surface area contributed by atoms with E-state index in [1.165, 1.54) is 0 Å². The van der Waals surface area contributed by atoms with Crippen molar-refractivity contribution >= 4 is 35.0 Å². The summed E-state index contributed by atoms with van der Waals surface area (Å²) in [5.41, 5.74) is 1.66. The number of carbonyl (C=O) groups excluding carboxylic acids is 2. The number of nitrogens with one attached hydrogen (secondary N) is 1. The molecule has 180 valence electrons. The van der Waals surface area contributed by atoms with Gasteiger partial charge in [0, 0.05) is 29.6 Å². The number of methoxy groups -OCH3 is 2. The first kappa shape index (κ1) is 26.8. The summed E-state index contributed by atoms with van der Waals surface area (Å²) in [6.45, 7) is 6.51. The molecule has 2 rings (SSSR count). The molecule has 0 unspecified atom stereocenters. The Bertz CT molecular complexity index is 965. The van der Waals surface area contributed by atoms with Crippen molar-refractivity contribution in [2.45, 2.75) is 46.2 Å². The second kappa shape index (κ2) is 12.7. The summed E-state index contributed by atoms with van der Waals surface area (Å²) in [6, 6.07) is 10.0. The number of halogens is 2. The van der Waals surface area contributed by atoms with E-state index in [0.29, 0.717) is 40.4 Å². The Morgan fingerprint density at radius 1 is 1.00 bits per heavy atom. The highest BCUT2D eigenvalue weighted by Gasteiger charge is 2.26. The van der Waals surface area contributed by atoms with Crippen LogP contribution in [-0.2, 0) is 22.6 Å². The van der Waals surface area contributed by atoms with Gasteiger partial charge in [-0.05, 0) is 54.7 Å². The molecule has 33 heavy (non-hydrogen) atoms. The van der Waals surface area contributed by atoms with Crippen molar-refractivity contribution in [2.75, 3.05) is 20.8 Å². The molecule has 0 radical (unpaired) electrons. The highest BCUT2D eigenvalue weighted by Crippen LogP contribution is 2.28. The Morgan fingerprint density at radius 2 is 1.70 bits per heavy atom. The Balaban J connectivity index is 2.20. The van der Waals surface area contributed by atoms with Crippen LogP contribution in [0.15, 0.2) is 36.4 Å². The molecule has 0 fully saturated rings. The zero-order chi connectivity index (χ0) is 24.5. The summed E-state index contributed by atoms with van der Waals surface area (Å²) in [7, 11) is 3.15. The molecule has 2 aromatic rings. The number of aryl methyl sites for hydroxylation is 1. The van der Waals surface area contributed by atoms with Crippen LogP contribution in [0.1, 0.15) is 38.3 Å². The third-order valence-electron chi connectivity index (χ3n) is 5.28. The lowest BCUT2D eigenvalue weighted by Crippen LogP contribution is -2.48. The van der Waals surface area contributed by atoms with Crippen molar-refractivity contribution in [3.8, 4) is 11.5 Å². The van der Waals surface area contributed by atoms with Crippen molar-refractivity contribution in [2.24, 2.45) is 5.92 Å². The van der Waals surface area contributed by atoms with Crippen LogP contribution in [0.2, 0.25) is 10.0 Å². The lowest BCUT2D eigenvalue weighted by Gasteiger charge is -2.29.